The standard InChI is InChI=1S/C9H5NO4/c11-8(12)5-2-1-3-6-7(5)10-4-14-9(6)13/h1-4H,(H,11,12). The minimum absolute atomic E-state index is 0.00426. The van der Waals surface area contributed by atoms with Crippen molar-refractivity contribution in [1.82, 2.24) is 4.98 Å². The third-order valence-electron chi connectivity index (χ3n) is 1.83. The Bertz CT molecular complexity index is 558. The first-order valence-corrected chi connectivity index (χ1v) is 3.80. The van der Waals surface area contributed by atoms with Gasteiger partial charge in [-0.05, 0) is 12.1 Å². The molecule has 0 amide bonds. The zero-order chi connectivity index (χ0) is 10.1. The molecule has 1 aromatic heterocycles. The van der Waals surface area contributed by atoms with Crippen LogP contribution in [0.1, 0.15) is 10.4 Å². The molecule has 5 heteroatoms. The van der Waals surface area contributed by atoms with E-state index in [0.717, 1.165) is 6.39 Å². The molecule has 1 aromatic carbocycles. The van der Waals surface area contributed by atoms with Crippen LogP contribution in [-0.2, 0) is 0 Å². The summed E-state index contributed by atoms with van der Waals surface area (Å²) in [5, 5.41) is 8.97. The molecule has 0 radical (unpaired) electrons. The van der Waals surface area contributed by atoms with Crippen LogP contribution in [0.2, 0.25) is 0 Å². The van der Waals surface area contributed by atoms with Gasteiger partial charge in [0.15, 0.2) is 6.39 Å². The fourth-order valence-corrected chi connectivity index (χ4v) is 1.21. The summed E-state index contributed by atoms with van der Waals surface area (Å²) in [6.45, 7) is 0. The van der Waals surface area contributed by atoms with Gasteiger partial charge in [-0.3, -0.25) is 0 Å². The number of rotatable bonds is 1. The quantitative estimate of drug-likeness (QED) is 0.723. The number of para-hydroxylation sites is 1. The molecule has 0 atom stereocenters. The number of carbonyl (C=O) groups is 1. The molecule has 0 aliphatic heterocycles. The smallest absolute Gasteiger partial charge is 0.346 e. The van der Waals surface area contributed by atoms with E-state index in [-0.39, 0.29) is 16.5 Å². The number of benzene rings is 1. The molecular formula is C9H5NO4. The Balaban J connectivity index is 2.95. The SMILES string of the molecule is O=C(O)c1cccc2c(=O)ocnc12. The maximum Gasteiger partial charge on any atom is 0.346 e. The van der Waals surface area contributed by atoms with Crippen molar-refractivity contribution < 1.29 is 14.3 Å². The molecule has 2 rings (SSSR count). The van der Waals surface area contributed by atoms with Crippen LogP contribution in [0.15, 0.2) is 33.8 Å². The number of hydrogen-bond acceptors (Lipinski definition) is 4. The van der Waals surface area contributed by atoms with E-state index < -0.39 is 11.6 Å². The summed E-state index contributed by atoms with van der Waals surface area (Å²) in [7, 11) is 0. The predicted octanol–water partition coefficient (Wildman–Crippen LogP) is 0.886. The maximum atomic E-state index is 11.2. The molecule has 1 heterocycles. The van der Waals surface area contributed by atoms with Gasteiger partial charge in [-0.2, -0.15) is 0 Å². The van der Waals surface area contributed by atoms with Gasteiger partial charge >= 0.3 is 11.6 Å². The molecule has 5 nitrogen and oxygen atoms in total. The second-order valence-electron chi connectivity index (χ2n) is 2.65. The first-order valence-electron chi connectivity index (χ1n) is 3.80. The van der Waals surface area contributed by atoms with E-state index >= 15 is 0 Å². The molecule has 0 bridgehead atoms. The molecule has 1 N–H and O–H groups in total. The van der Waals surface area contributed by atoms with Gasteiger partial charge in [-0.15, -0.1) is 0 Å². The van der Waals surface area contributed by atoms with Crippen LogP contribution in [0.4, 0.5) is 0 Å². The summed E-state index contributed by atoms with van der Waals surface area (Å²) in [5.74, 6) is -1.12. The average Bonchev–Trinajstić information content (AvgIpc) is 2.17. The Kier molecular flexibility index (Phi) is 1.78. The van der Waals surface area contributed by atoms with Crippen molar-refractivity contribution in [1.29, 1.82) is 0 Å². The zero-order valence-electron chi connectivity index (χ0n) is 6.93. The van der Waals surface area contributed by atoms with Crippen molar-refractivity contribution in [3.05, 3.63) is 40.6 Å². The third-order valence-corrected chi connectivity index (χ3v) is 1.83. The van der Waals surface area contributed by atoms with Crippen LogP contribution in [0.3, 0.4) is 0 Å². The normalized spacial score (nSPS) is 10.3. The number of carboxylic acid groups (broad SMARTS) is 1. The second kappa shape index (κ2) is 2.95. The minimum Gasteiger partial charge on any atom is -0.478 e. The van der Waals surface area contributed by atoms with Gasteiger partial charge in [0.1, 0.15) is 0 Å². The van der Waals surface area contributed by atoms with Gasteiger partial charge < -0.3 is 9.52 Å². The van der Waals surface area contributed by atoms with E-state index in [0.29, 0.717) is 0 Å². The lowest BCUT2D eigenvalue weighted by Gasteiger charge is -1.97. The molecule has 0 saturated carbocycles. The highest BCUT2D eigenvalue weighted by Gasteiger charge is 2.10. The number of nitrogens with zero attached hydrogens (tertiary/aromatic N) is 1. The summed E-state index contributed by atoms with van der Waals surface area (Å²) in [4.78, 5) is 25.6. The van der Waals surface area contributed by atoms with E-state index in [1.165, 1.54) is 18.2 Å². The van der Waals surface area contributed by atoms with Crippen LogP contribution in [0.5, 0.6) is 0 Å². The maximum absolute atomic E-state index is 11.2. The lowest BCUT2D eigenvalue weighted by molar-refractivity contribution is 0.0699. The summed E-state index contributed by atoms with van der Waals surface area (Å²) in [5.41, 5.74) is -0.440. The number of aromatic carboxylic acids is 1. The highest BCUT2D eigenvalue weighted by molar-refractivity contribution is 6.01. The van der Waals surface area contributed by atoms with Crippen LogP contribution in [0, 0.1) is 0 Å². The molecular weight excluding hydrogens is 186 g/mol. The van der Waals surface area contributed by atoms with E-state index in [1.807, 2.05) is 0 Å². The van der Waals surface area contributed by atoms with Crippen LogP contribution >= 0.6 is 0 Å². The number of hydrogen-bond donors (Lipinski definition) is 1. The Hall–Kier alpha value is -2.17. The molecule has 0 unspecified atom stereocenters. The largest absolute Gasteiger partial charge is 0.478 e. The van der Waals surface area contributed by atoms with Gasteiger partial charge in [0, 0.05) is 0 Å². The number of carboxylic acids is 1. The van der Waals surface area contributed by atoms with Gasteiger partial charge in [0.2, 0.25) is 0 Å². The molecule has 0 saturated heterocycles. The fourth-order valence-electron chi connectivity index (χ4n) is 1.21. The first-order chi connectivity index (χ1) is 6.70. The van der Waals surface area contributed by atoms with Gasteiger partial charge in [-0.25, -0.2) is 14.6 Å². The summed E-state index contributed by atoms with van der Waals surface area (Å²) in [6.07, 6.45) is 0.942. The molecule has 14 heavy (non-hydrogen) atoms. The lowest BCUT2D eigenvalue weighted by atomic mass is 10.1. The minimum atomic E-state index is -1.12. The number of aromatic nitrogens is 1. The zero-order valence-corrected chi connectivity index (χ0v) is 6.93. The van der Waals surface area contributed by atoms with Crippen molar-refractivity contribution in [2.45, 2.75) is 0 Å². The topological polar surface area (TPSA) is 80.4 Å². The van der Waals surface area contributed by atoms with E-state index in [4.69, 9.17) is 5.11 Å². The third kappa shape index (κ3) is 1.15. The van der Waals surface area contributed by atoms with Crippen LogP contribution in [0.25, 0.3) is 10.9 Å². The molecule has 0 aliphatic rings. The fraction of sp³-hybridized carbons (Fsp3) is 0. The van der Waals surface area contributed by atoms with Crippen molar-refractivity contribution >= 4 is 16.9 Å². The monoisotopic (exact) mass is 191 g/mol. The molecule has 0 aliphatic carbocycles. The molecule has 2 aromatic rings. The molecule has 0 fully saturated rings. The van der Waals surface area contributed by atoms with E-state index in [1.54, 1.807) is 0 Å². The van der Waals surface area contributed by atoms with E-state index in [2.05, 4.69) is 9.40 Å². The van der Waals surface area contributed by atoms with Crippen molar-refractivity contribution in [3.63, 3.8) is 0 Å². The Morgan fingerprint density at radius 2 is 2.21 bits per heavy atom. The summed E-state index contributed by atoms with van der Waals surface area (Å²) in [6, 6.07) is 4.34. The first kappa shape index (κ1) is 8.43. The van der Waals surface area contributed by atoms with Crippen molar-refractivity contribution in [2.75, 3.05) is 0 Å². The van der Waals surface area contributed by atoms with Crippen molar-refractivity contribution in [2.24, 2.45) is 0 Å². The summed E-state index contributed by atoms with van der Waals surface area (Å²) < 4.78 is 4.52. The predicted molar refractivity (Wildman–Crippen MR) is 47.2 cm³/mol. The molecule has 70 valence electrons. The van der Waals surface area contributed by atoms with Crippen molar-refractivity contribution in [3.8, 4) is 0 Å². The Labute approximate surface area is 77.6 Å². The number of fused-ring (bicyclic) bond motifs is 1. The average molecular weight is 191 g/mol. The van der Waals surface area contributed by atoms with Gasteiger partial charge in [0.05, 0.1) is 16.5 Å². The van der Waals surface area contributed by atoms with Gasteiger partial charge in [0.25, 0.3) is 0 Å². The highest BCUT2D eigenvalue weighted by atomic mass is 16.4. The second-order valence-corrected chi connectivity index (χ2v) is 2.65. The van der Waals surface area contributed by atoms with Crippen LogP contribution < -0.4 is 5.63 Å². The highest BCUT2D eigenvalue weighted by Crippen LogP contribution is 2.12. The molecule has 0 spiro atoms. The van der Waals surface area contributed by atoms with Crippen LogP contribution in [-0.4, -0.2) is 16.1 Å². The summed E-state index contributed by atoms with van der Waals surface area (Å²) >= 11 is 0. The van der Waals surface area contributed by atoms with E-state index in [9.17, 15) is 9.59 Å². The Morgan fingerprint density at radius 1 is 1.43 bits per heavy atom. The van der Waals surface area contributed by atoms with Gasteiger partial charge in [-0.1, -0.05) is 6.07 Å². The Morgan fingerprint density at radius 3 is 2.93 bits per heavy atom. The lowest BCUT2D eigenvalue weighted by Crippen LogP contribution is -2.05.